The zero-order chi connectivity index (χ0) is 23.8. The van der Waals surface area contributed by atoms with E-state index in [0.717, 1.165) is 24.5 Å². The van der Waals surface area contributed by atoms with Crippen LogP contribution in [0.3, 0.4) is 0 Å². The quantitative estimate of drug-likeness (QED) is 0.451. The number of carbonyl (C=O) groups is 1. The fourth-order valence-electron chi connectivity index (χ4n) is 3.77. The number of nitrogens with zero attached hydrogens (tertiary/aromatic N) is 6. The van der Waals surface area contributed by atoms with Gasteiger partial charge in [0.25, 0.3) is 5.91 Å². The number of halogens is 2. The molecule has 0 atom stereocenters. The number of amides is 1. The highest BCUT2D eigenvalue weighted by Gasteiger charge is 2.25. The lowest BCUT2D eigenvalue weighted by molar-refractivity contribution is 0.0945. The zero-order valence-electron chi connectivity index (χ0n) is 18.1. The van der Waals surface area contributed by atoms with Gasteiger partial charge in [-0.3, -0.25) is 4.79 Å². The molecule has 0 unspecified atom stereocenters. The van der Waals surface area contributed by atoms with Gasteiger partial charge in [-0.1, -0.05) is 5.21 Å². The normalized spacial score (nSPS) is 13.1. The van der Waals surface area contributed by atoms with Crippen molar-refractivity contribution >= 4 is 11.6 Å². The molecule has 1 aliphatic rings. The maximum Gasteiger partial charge on any atom is 0.273 e. The van der Waals surface area contributed by atoms with E-state index < -0.39 is 17.5 Å². The Morgan fingerprint density at radius 3 is 2.85 bits per heavy atom. The maximum atomic E-state index is 14.3. The number of nitrogens with one attached hydrogen (secondary N) is 1. The molecule has 0 saturated heterocycles. The fourth-order valence-corrected chi connectivity index (χ4v) is 3.77. The van der Waals surface area contributed by atoms with Gasteiger partial charge in [0.05, 0.1) is 31.1 Å². The number of hydrogen-bond donors (Lipinski definition) is 1. The first-order valence-corrected chi connectivity index (χ1v) is 10.6. The van der Waals surface area contributed by atoms with E-state index in [2.05, 4.69) is 26.7 Å². The molecule has 3 aromatic heterocycles. The van der Waals surface area contributed by atoms with Crippen LogP contribution in [0.1, 0.15) is 51.6 Å². The second-order valence-electron chi connectivity index (χ2n) is 8.06. The van der Waals surface area contributed by atoms with Crippen LogP contribution in [-0.4, -0.2) is 37.4 Å². The molecule has 1 fully saturated rings. The van der Waals surface area contributed by atoms with Crippen LogP contribution in [0, 0.1) is 23.0 Å². The van der Waals surface area contributed by atoms with E-state index in [0.29, 0.717) is 22.8 Å². The summed E-state index contributed by atoms with van der Waals surface area (Å²) in [6, 6.07) is 6.33. The summed E-state index contributed by atoms with van der Waals surface area (Å²) in [4.78, 5) is 17.0. The number of carbonyl (C=O) groups excluding carboxylic acids is 1. The maximum absolute atomic E-state index is 14.3. The van der Waals surface area contributed by atoms with Gasteiger partial charge in [-0.05, 0) is 42.5 Å². The fraction of sp³-hybridized carbons (Fsp3) is 0.261. The Morgan fingerprint density at radius 1 is 1.29 bits per heavy atom. The van der Waals surface area contributed by atoms with Crippen molar-refractivity contribution < 1.29 is 18.3 Å². The van der Waals surface area contributed by atoms with Gasteiger partial charge in [0.1, 0.15) is 11.9 Å². The first kappa shape index (κ1) is 21.5. The van der Waals surface area contributed by atoms with Gasteiger partial charge in [0, 0.05) is 24.5 Å². The molecule has 4 aromatic rings. The summed E-state index contributed by atoms with van der Waals surface area (Å²) in [7, 11) is 1.27. The van der Waals surface area contributed by atoms with E-state index in [9.17, 15) is 18.8 Å². The lowest BCUT2D eigenvalue weighted by Crippen LogP contribution is -2.24. The van der Waals surface area contributed by atoms with Crippen LogP contribution in [0.2, 0.25) is 0 Å². The number of pyridine rings is 1. The average molecular weight is 463 g/mol. The highest BCUT2D eigenvalue weighted by Crippen LogP contribution is 2.40. The molecule has 0 spiro atoms. The van der Waals surface area contributed by atoms with Crippen LogP contribution in [0.5, 0.6) is 5.75 Å². The summed E-state index contributed by atoms with van der Waals surface area (Å²) in [6.07, 6.45) is 7.47. The minimum absolute atomic E-state index is 0.0128. The number of nitriles is 1. The Bertz CT molecular complexity index is 1450. The van der Waals surface area contributed by atoms with Crippen molar-refractivity contribution in [3.63, 3.8) is 0 Å². The number of fused-ring (bicyclic) bond motifs is 1. The molecule has 34 heavy (non-hydrogen) atoms. The Morgan fingerprint density at radius 2 is 2.12 bits per heavy atom. The Hall–Kier alpha value is -4.33. The van der Waals surface area contributed by atoms with Crippen molar-refractivity contribution in [2.24, 2.45) is 0 Å². The largest absolute Gasteiger partial charge is 0.494 e. The molecule has 1 N–H and O–H groups in total. The van der Waals surface area contributed by atoms with E-state index in [4.69, 9.17) is 4.74 Å². The van der Waals surface area contributed by atoms with E-state index in [1.165, 1.54) is 24.1 Å². The highest BCUT2D eigenvalue weighted by atomic mass is 19.1. The minimum Gasteiger partial charge on any atom is -0.494 e. The van der Waals surface area contributed by atoms with Gasteiger partial charge < -0.3 is 14.5 Å². The molecule has 9 nitrogen and oxygen atoms in total. The Kier molecular flexibility index (Phi) is 5.41. The first-order chi connectivity index (χ1) is 16.5. The van der Waals surface area contributed by atoms with Crippen molar-refractivity contribution in [1.29, 1.82) is 5.26 Å². The molecule has 11 heteroatoms. The first-order valence-electron chi connectivity index (χ1n) is 10.6. The lowest BCUT2D eigenvalue weighted by atomic mass is 10.1. The molecule has 5 rings (SSSR count). The molecular formula is C23H19F2N7O2. The third-order valence-corrected chi connectivity index (χ3v) is 5.68. The summed E-state index contributed by atoms with van der Waals surface area (Å²) >= 11 is 0. The summed E-state index contributed by atoms with van der Waals surface area (Å²) in [5.74, 6) is -1.93. The molecule has 3 heterocycles. The van der Waals surface area contributed by atoms with Crippen molar-refractivity contribution in [3.8, 4) is 11.8 Å². The molecule has 0 aliphatic heterocycles. The van der Waals surface area contributed by atoms with E-state index in [1.807, 2.05) is 22.9 Å². The van der Waals surface area contributed by atoms with Crippen LogP contribution in [0.15, 0.2) is 36.8 Å². The third kappa shape index (κ3) is 4.05. The van der Waals surface area contributed by atoms with Gasteiger partial charge in [0.15, 0.2) is 22.9 Å². The van der Waals surface area contributed by atoms with Gasteiger partial charge in [-0.25, -0.2) is 18.4 Å². The summed E-state index contributed by atoms with van der Waals surface area (Å²) in [5, 5.41) is 19.7. The van der Waals surface area contributed by atoms with Gasteiger partial charge in [-0.15, -0.1) is 5.10 Å². The number of methoxy groups -OCH3 is 1. The van der Waals surface area contributed by atoms with Crippen molar-refractivity contribution in [3.05, 3.63) is 76.5 Å². The number of benzene rings is 1. The highest BCUT2D eigenvalue weighted by molar-refractivity contribution is 5.91. The molecule has 1 aromatic carbocycles. The van der Waals surface area contributed by atoms with Crippen LogP contribution >= 0.6 is 0 Å². The molecule has 1 aliphatic carbocycles. The Labute approximate surface area is 192 Å². The van der Waals surface area contributed by atoms with Crippen LogP contribution in [0.25, 0.3) is 5.65 Å². The minimum atomic E-state index is -0.875. The van der Waals surface area contributed by atoms with Crippen LogP contribution in [0.4, 0.5) is 8.78 Å². The monoisotopic (exact) mass is 463 g/mol. The SMILES string of the molecule is COc1ccc(F)c(CNC(=O)c2cn(Cc3cn4cc(C5CC5)cc(C#N)c4n3)nn2)c1F. The number of aromatic nitrogens is 5. The van der Waals surface area contributed by atoms with Crippen LogP contribution < -0.4 is 10.1 Å². The topological polar surface area (TPSA) is 110 Å². The molecular weight excluding hydrogens is 444 g/mol. The smallest absolute Gasteiger partial charge is 0.273 e. The summed E-state index contributed by atoms with van der Waals surface area (Å²) in [5.41, 5.74) is 2.50. The summed E-state index contributed by atoms with van der Waals surface area (Å²) < 4.78 is 36.4. The van der Waals surface area contributed by atoms with Gasteiger partial charge in [0.2, 0.25) is 0 Å². The predicted molar refractivity (Wildman–Crippen MR) is 115 cm³/mol. The number of ether oxygens (including phenoxy) is 1. The number of imidazole rings is 1. The van der Waals surface area contributed by atoms with Gasteiger partial charge in [-0.2, -0.15) is 5.26 Å². The number of hydrogen-bond acceptors (Lipinski definition) is 6. The lowest BCUT2D eigenvalue weighted by Gasteiger charge is -2.09. The third-order valence-electron chi connectivity index (χ3n) is 5.68. The predicted octanol–water partition coefficient (Wildman–Crippen LogP) is 2.94. The second-order valence-corrected chi connectivity index (χ2v) is 8.06. The van der Waals surface area contributed by atoms with E-state index in [1.54, 1.807) is 0 Å². The van der Waals surface area contributed by atoms with E-state index in [-0.39, 0.29) is 30.1 Å². The van der Waals surface area contributed by atoms with Crippen molar-refractivity contribution in [2.75, 3.05) is 7.11 Å². The zero-order valence-corrected chi connectivity index (χ0v) is 18.1. The molecule has 0 bridgehead atoms. The van der Waals surface area contributed by atoms with Crippen LogP contribution in [-0.2, 0) is 13.1 Å². The average Bonchev–Trinajstić information content (AvgIpc) is 3.44. The van der Waals surface area contributed by atoms with Crippen molar-refractivity contribution in [2.45, 2.75) is 31.8 Å². The molecule has 172 valence electrons. The molecule has 0 radical (unpaired) electrons. The van der Waals surface area contributed by atoms with Crippen molar-refractivity contribution in [1.82, 2.24) is 29.7 Å². The van der Waals surface area contributed by atoms with Gasteiger partial charge >= 0.3 is 0 Å². The Balaban J connectivity index is 1.29. The number of rotatable bonds is 7. The molecule has 1 saturated carbocycles. The van der Waals surface area contributed by atoms with E-state index >= 15 is 0 Å². The molecule has 1 amide bonds. The summed E-state index contributed by atoms with van der Waals surface area (Å²) in [6.45, 7) is -0.155. The standard InChI is InChI=1S/C23H19F2N7O2/c1-34-20-5-4-18(24)17(21(20)25)8-27-23(33)19-12-32(30-29-19)11-16-10-31-9-15(13-2-3-13)6-14(7-26)22(31)28-16/h4-6,9-10,12-13H,2-3,8,11H2,1H3,(H,27,33). The second kappa shape index (κ2) is 8.55.